The van der Waals surface area contributed by atoms with Crippen molar-refractivity contribution in [3.8, 4) is 33.4 Å². The Morgan fingerprint density at radius 1 is 0.415 bits per heavy atom. The van der Waals surface area contributed by atoms with E-state index in [4.69, 9.17) is 0 Å². The highest BCUT2D eigenvalue weighted by molar-refractivity contribution is 6.20. The summed E-state index contributed by atoms with van der Waals surface area (Å²) in [6.45, 7) is 6.54. The number of rotatable bonds is 21. The maximum Gasteiger partial charge on any atom is 0.155 e. The molecule has 0 amide bonds. The second kappa shape index (κ2) is 21.0. The van der Waals surface area contributed by atoms with Crippen molar-refractivity contribution in [1.82, 2.24) is 0 Å². The van der Waals surface area contributed by atoms with Crippen molar-refractivity contribution in [2.45, 2.75) is 103 Å². The van der Waals surface area contributed by atoms with Gasteiger partial charge in [-0.25, -0.2) is 0 Å². The summed E-state index contributed by atoms with van der Waals surface area (Å²) < 4.78 is 0. The van der Waals surface area contributed by atoms with Crippen LogP contribution in [0.3, 0.4) is 0 Å². The van der Waals surface area contributed by atoms with E-state index in [-0.39, 0.29) is 11.6 Å². The maximum absolute atomic E-state index is 15.4. The molecule has 1 aliphatic rings. The first-order valence-electron chi connectivity index (χ1n) is 24.1. The van der Waals surface area contributed by atoms with Gasteiger partial charge in [-0.15, -0.1) is 0 Å². The Morgan fingerprint density at radius 3 is 1.25 bits per heavy atom. The van der Waals surface area contributed by atoms with Gasteiger partial charge in [0.1, 0.15) is 5.41 Å². The highest BCUT2D eigenvalue weighted by Crippen LogP contribution is 2.53. The van der Waals surface area contributed by atoms with Crippen molar-refractivity contribution in [3.63, 3.8) is 0 Å². The number of anilines is 5. The van der Waals surface area contributed by atoms with Crippen LogP contribution in [-0.4, -0.2) is 18.6 Å². The Hall–Kier alpha value is -6.52. The summed E-state index contributed by atoms with van der Waals surface area (Å²) in [5.41, 5.74) is 13.0. The van der Waals surface area contributed by atoms with Gasteiger partial charge >= 0.3 is 0 Å². The molecule has 0 N–H and O–H groups in total. The van der Waals surface area contributed by atoms with Crippen molar-refractivity contribution < 1.29 is 9.59 Å². The summed E-state index contributed by atoms with van der Waals surface area (Å²) in [6, 6.07) is 59.8. The average molecular weight is 857 g/mol. The average Bonchev–Trinajstić information content (AvgIpc) is 3.65. The molecule has 330 valence electrons. The van der Waals surface area contributed by atoms with E-state index in [0.29, 0.717) is 12.8 Å². The molecule has 65 heavy (non-hydrogen) atoms. The van der Waals surface area contributed by atoms with Gasteiger partial charge in [0.2, 0.25) is 0 Å². The lowest BCUT2D eigenvalue weighted by Gasteiger charge is -2.30. The number of unbranched alkanes of at least 4 members (excludes halogenated alkanes) is 8. The molecule has 1 aliphatic carbocycles. The number of para-hydroxylation sites is 2. The molecule has 0 spiro atoms. The summed E-state index contributed by atoms with van der Waals surface area (Å²) in [5, 5.41) is 0. The summed E-state index contributed by atoms with van der Waals surface area (Å²) in [4.78, 5) is 35.3. The third kappa shape index (κ3) is 9.64. The molecule has 0 heterocycles. The molecule has 4 nitrogen and oxygen atoms in total. The zero-order valence-corrected chi connectivity index (χ0v) is 38.9. The molecule has 7 aromatic rings. The summed E-state index contributed by atoms with van der Waals surface area (Å²) in [7, 11) is 2.08. The fourth-order valence-corrected chi connectivity index (χ4v) is 9.79. The van der Waals surface area contributed by atoms with Crippen LogP contribution in [0.5, 0.6) is 0 Å². The van der Waals surface area contributed by atoms with E-state index in [9.17, 15) is 0 Å². The van der Waals surface area contributed by atoms with E-state index in [1.54, 1.807) is 0 Å². The Bertz CT molecular complexity index is 2640. The van der Waals surface area contributed by atoms with Crippen molar-refractivity contribution in [3.05, 3.63) is 187 Å². The summed E-state index contributed by atoms with van der Waals surface area (Å²) >= 11 is 0. The van der Waals surface area contributed by atoms with Crippen LogP contribution in [0.25, 0.3) is 33.4 Å². The van der Waals surface area contributed by atoms with Crippen LogP contribution in [0.15, 0.2) is 170 Å². The SMILES string of the molecule is CCCCCCCC(=O)C1(C(=O)CCCCCCC)c2cc(-c3ccc(N(C)c4ccccc4)cc3)ccc2-c2ccc(-c3ccc(N(c4ccccc4)c4ccc(C)cc4)cc3)cc21. The van der Waals surface area contributed by atoms with Crippen molar-refractivity contribution in [1.29, 1.82) is 0 Å². The Labute approximate surface area is 388 Å². The van der Waals surface area contributed by atoms with Crippen LogP contribution in [0, 0.1) is 6.92 Å². The first kappa shape index (κ1) is 45.1. The van der Waals surface area contributed by atoms with Crippen LogP contribution in [0.1, 0.15) is 108 Å². The predicted molar refractivity (Wildman–Crippen MR) is 274 cm³/mol. The van der Waals surface area contributed by atoms with Gasteiger partial charge in [0.15, 0.2) is 11.6 Å². The Kier molecular flexibility index (Phi) is 14.5. The normalized spacial score (nSPS) is 12.4. The lowest BCUT2D eigenvalue weighted by atomic mass is 9.68. The zero-order chi connectivity index (χ0) is 45.2. The smallest absolute Gasteiger partial charge is 0.155 e. The van der Waals surface area contributed by atoms with Crippen LogP contribution in [0.4, 0.5) is 28.4 Å². The van der Waals surface area contributed by atoms with Crippen LogP contribution < -0.4 is 9.80 Å². The minimum atomic E-state index is -1.38. The Balaban J connectivity index is 1.21. The molecule has 0 atom stereocenters. The highest BCUT2D eigenvalue weighted by atomic mass is 16.2. The number of carbonyl (C=O) groups excluding carboxylic acids is 2. The molecule has 8 rings (SSSR count). The Morgan fingerprint density at radius 2 is 0.785 bits per heavy atom. The van der Waals surface area contributed by atoms with E-state index in [1.807, 2.05) is 12.1 Å². The molecule has 0 aliphatic heterocycles. The fourth-order valence-electron chi connectivity index (χ4n) is 9.79. The third-order valence-electron chi connectivity index (χ3n) is 13.5. The number of carbonyl (C=O) groups is 2. The van der Waals surface area contributed by atoms with Gasteiger partial charge in [0.25, 0.3) is 0 Å². The molecule has 4 heteroatoms. The van der Waals surface area contributed by atoms with Crippen LogP contribution >= 0.6 is 0 Å². The second-order valence-corrected chi connectivity index (χ2v) is 17.9. The van der Waals surface area contributed by atoms with E-state index in [1.165, 1.54) is 5.56 Å². The van der Waals surface area contributed by atoms with Crippen LogP contribution in [-0.2, 0) is 15.0 Å². The summed E-state index contributed by atoms with van der Waals surface area (Å²) in [5.74, 6) is 0.0716. The minimum Gasteiger partial charge on any atom is -0.345 e. The van der Waals surface area contributed by atoms with Gasteiger partial charge in [0, 0.05) is 48.3 Å². The third-order valence-corrected chi connectivity index (χ3v) is 13.5. The molecule has 0 aromatic heterocycles. The van der Waals surface area contributed by atoms with E-state index < -0.39 is 5.41 Å². The van der Waals surface area contributed by atoms with Crippen LogP contribution in [0.2, 0.25) is 0 Å². The standard InChI is InChI=1S/C61H64N2O2/c1-5-7-9-11-19-25-59(64)61(60(65)26-20-12-10-8-6-2)57-43-48(46-29-37-51(38-30-46)62(4)50-21-15-13-16-22-50)33-41-55(57)56-42-34-49(44-58(56)61)47-31-39-54(40-32-47)63(52-23-17-14-18-24-52)53-35-27-45(3)28-36-53/h13-18,21-24,27-44H,5-12,19-20,25-26H2,1-4H3. The first-order chi connectivity index (χ1) is 31.8. The number of nitrogens with zero attached hydrogens (tertiary/aromatic N) is 2. The number of Topliss-reactive ketones (excluding diaryl/α,β-unsaturated/α-hetero) is 2. The molecule has 0 bridgehead atoms. The second-order valence-electron chi connectivity index (χ2n) is 17.9. The number of aryl methyl sites for hydroxylation is 1. The van der Waals surface area contributed by atoms with Gasteiger partial charge < -0.3 is 9.80 Å². The molecule has 0 unspecified atom stereocenters. The molecule has 7 aromatic carbocycles. The monoisotopic (exact) mass is 856 g/mol. The molecule has 0 saturated carbocycles. The number of hydrogen-bond donors (Lipinski definition) is 0. The van der Waals surface area contributed by atoms with Gasteiger partial charge in [-0.1, -0.05) is 168 Å². The quantitative estimate of drug-likeness (QED) is 0.0533. The van der Waals surface area contributed by atoms with E-state index in [0.717, 1.165) is 137 Å². The lowest BCUT2D eigenvalue weighted by molar-refractivity contribution is -0.133. The first-order valence-corrected chi connectivity index (χ1v) is 24.1. The number of ketones is 2. The molecular weight excluding hydrogens is 793 g/mol. The van der Waals surface area contributed by atoms with Gasteiger partial charge in [-0.05, 0) is 137 Å². The maximum atomic E-state index is 15.4. The number of benzene rings is 7. The largest absolute Gasteiger partial charge is 0.345 e. The number of hydrogen-bond acceptors (Lipinski definition) is 4. The summed E-state index contributed by atoms with van der Waals surface area (Å²) in [6.07, 6.45) is 11.1. The lowest BCUT2D eigenvalue weighted by Crippen LogP contribution is -2.43. The molecule has 0 saturated heterocycles. The molecular formula is C61H64N2O2. The molecule has 0 radical (unpaired) electrons. The van der Waals surface area contributed by atoms with Crippen molar-refractivity contribution >= 4 is 40.0 Å². The fraction of sp³-hybridized carbons (Fsp3) is 0.279. The zero-order valence-electron chi connectivity index (χ0n) is 38.9. The minimum absolute atomic E-state index is 0.0358. The van der Waals surface area contributed by atoms with Gasteiger partial charge in [0.05, 0.1) is 0 Å². The predicted octanol–water partition coefficient (Wildman–Crippen LogP) is 16.7. The number of fused-ring (bicyclic) bond motifs is 3. The van der Waals surface area contributed by atoms with Crippen molar-refractivity contribution in [2.75, 3.05) is 16.8 Å². The molecule has 0 fully saturated rings. The van der Waals surface area contributed by atoms with E-state index in [2.05, 4.69) is 195 Å². The van der Waals surface area contributed by atoms with E-state index >= 15 is 9.59 Å². The van der Waals surface area contributed by atoms with Gasteiger partial charge in [-0.2, -0.15) is 0 Å². The highest BCUT2D eigenvalue weighted by Gasteiger charge is 2.53. The van der Waals surface area contributed by atoms with Crippen molar-refractivity contribution in [2.24, 2.45) is 0 Å². The van der Waals surface area contributed by atoms with Gasteiger partial charge in [-0.3, -0.25) is 9.59 Å². The topological polar surface area (TPSA) is 40.6 Å².